The van der Waals surface area contributed by atoms with Gasteiger partial charge in [-0.3, -0.25) is 14.7 Å². The van der Waals surface area contributed by atoms with E-state index in [1.54, 1.807) is 12.3 Å². The molecule has 0 bridgehead atoms. The topological polar surface area (TPSA) is 58.4 Å². The van der Waals surface area contributed by atoms with Crippen LogP contribution in [0.25, 0.3) is 0 Å². The molecule has 0 fully saturated rings. The predicted octanol–water partition coefficient (Wildman–Crippen LogP) is 5.11. The average molecular weight is 486 g/mol. The Morgan fingerprint density at radius 1 is 1.00 bits per heavy atom. The van der Waals surface area contributed by atoms with Gasteiger partial charge in [-0.1, -0.05) is 48.0 Å². The molecule has 5 rings (SSSR count). The van der Waals surface area contributed by atoms with Crippen LogP contribution in [0.4, 0.5) is 0 Å². The first-order valence-corrected chi connectivity index (χ1v) is 12.2. The van der Waals surface area contributed by atoms with E-state index in [0.717, 1.165) is 48.6 Å². The molecule has 0 radical (unpaired) electrons. The van der Waals surface area contributed by atoms with E-state index in [4.69, 9.17) is 11.6 Å². The Kier molecular flexibility index (Phi) is 6.71. The van der Waals surface area contributed by atoms with Crippen LogP contribution in [0.5, 0.6) is 5.75 Å². The lowest BCUT2D eigenvalue weighted by molar-refractivity contribution is 0.240. The number of benzene rings is 2. The van der Waals surface area contributed by atoms with Crippen molar-refractivity contribution < 1.29 is 5.11 Å². The van der Waals surface area contributed by atoms with Crippen LogP contribution < -0.4 is 5.56 Å². The number of halogens is 1. The second-order valence-corrected chi connectivity index (χ2v) is 9.61. The van der Waals surface area contributed by atoms with Crippen LogP contribution in [-0.2, 0) is 32.5 Å². The maximum atomic E-state index is 13.7. The Hall–Kier alpha value is -3.41. The molecular formula is C29H28ClN3O2. The van der Waals surface area contributed by atoms with Crippen LogP contribution in [0, 0.1) is 6.92 Å². The van der Waals surface area contributed by atoms with E-state index in [-0.39, 0.29) is 11.3 Å². The molecule has 0 spiro atoms. The molecule has 1 N–H and O–H groups in total. The molecule has 0 atom stereocenters. The van der Waals surface area contributed by atoms with Crippen LogP contribution in [0.1, 0.15) is 39.2 Å². The average Bonchev–Trinajstić information content (AvgIpc) is 2.86. The summed E-state index contributed by atoms with van der Waals surface area (Å²) in [7, 11) is 0. The maximum absolute atomic E-state index is 13.7. The zero-order chi connectivity index (χ0) is 24.4. The Labute approximate surface area is 210 Å². The number of pyridine rings is 2. The van der Waals surface area contributed by atoms with E-state index in [0.29, 0.717) is 18.0 Å². The molecule has 2 aromatic carbocycles. The Morgan fingerprint density at radius 2 is 1.83 bits per heavy atom. The molecule has 1 aliphatic rings. The fraction of sp³-hybridized carbons (Fsp3) is 0.241. The molecule has 5 nitrogen and oxygen atoms in total. The van der Waals surface area contributed by atoms with Gasteiger partial charge in [0.1, 0.15) is 5.75 Å². The van der Waals surface area contributed by atoms with Crippen molar-refractivity contribution >= 4 is 11.6 Å². The van der Waals surface area contributed by atoms with Gasteiger partial charge in [-0.2, -0.15) is 0 Å². The van der Waals surface area contributed by atoms with Gasteiger partial charge in [0.05, 0.1) is 17.3 Å². The number of hydrogen-bond donors (Lipinski definition) is 1. The second kappa shape index (κ2) is 10.1. The zero-order valence-electron chi connectivity index (χ0n) is 19.7. The van der Waals surface area contributed by atoms with Gasteiger partial charge in [0.25, 0.3) is 5.56 Å². The highest BCUT2D eigenvalue weighted by Gasteiger charge is 2.23. The fourth-order valence-corrected chi connectivity index (χ4v) is 5.05. The molecular weight excluding hydrogens is 458 g/mol. The number of aromatic nitrogens is 2. The monoisotopic (exact) mass is 485 g/mol. The molecule has 35 heavy (non-hydrogen) atoms. The Balaban J connectivity index is 1.50. The minimum atomic E-state index is 0.0661. The van der Waals surface area contributed by atoms with Crippen LogP contribution in [0.2, 0.25) is 5.02 Å². The van der Waals surface area contributed by atoms with Crippen molar-refractivity contribution in [2.75, 3.05) is 6.54 Å². The SMILES string of the molecule is Cc1ccccc1Cc1cc2c(n(Cc3ccccn3)c1=O)CCN(Cc1ccc(O)c(Cl)c1)C2. The highest BCUT2D eigenvalue weighted by molar-refractivity contribution is 6.32. The van der Waals surface area contributed by atoms with Gasteiger partial charge in [0, 0.05) is 49.9 Å². The molecule has 6 heteroatoms. The van der Waals surface area contributed by atoms with Crippen molar-refractivity contribution in [1.82, 2.24) is 14.5 Å². The molecule has 3 heterocycles. The summed E-state index contributed by atoms with van der Waals surface area (Å²) >= 11 is 6.13. The third kappa shape index (κ3) is 5.16. The van der Waals surface area contributed by atoms with Gasteiger partial charge in [0.15, 0.2) is 0 Å². The molecule has 0 amide bonds. The number of nitrogens with zero attached hydrogens (tertiary/aromatic N) is 3. The molecule has 2 aromatic heterocycles. The van der Waals surface area contributed by atoms with Crippen LogP contribution in [0.3, 0.4) is 0 Å². The summed E-state index contributed by atoms with van der Waals surface area (Å²) in [6, 6.07) is 21.5. The first-order chi connectivity index (χ1) is 17.0. The highest BCUT2D eigenvalue weighted by atomic mass is 35.5. The summed E-state index contributed by atoms with van der Waals surface area (Å²) in [5, 5.41) is 10.1. The maximum Gasteiger partial charge on any atom is 0.254 e. The van der Waals surface area contributed by atoms with Gasteiger partial charge < -0.3 is 9.67 Å². The smallest absolute Gasteiger partial charge is 0.254 e. The van der Waals surface area contributed by atoms with Crippen molar-refractivity contribution in [3.05, 3.63) is 128 Å². The summed E-state index contributed by atoms with van der Waals surface area (Å²) in [4.78, 5) is 20.5. The van der Waals surface area contributed by atoms with E-state index in [2.05, 4.69) is 35.0 Å². The lowest BCUT2D eigenvalue weighted by Gasteiger charge is -2.31. The Morgan fingerprint density at radius 3 is 2.60 bits per heavy atom. The van der Waals surface area contributed by atoms with Gasteiger partial charge in [-0.05, 0) is 59.5 Å². The molecule has 4 aromatic rings. The number of hydrogen-bond acceptors (Lipinski definition) is 4. The predicted molar refractivity (Wildman–Crippen MR) is 139 cm³/mol. The number of rotatable bonds is 6. The summed E-state index contributed by atoms with van der Waals surface area (Å²) < 4.78 is 1.93. The first kappa shape index (κ1) is 23.3. The standard InChI is InChI=1S/C29H28ClN3O2/c1-20-6-2-3-7-22(20)15-23-16-24-18-32(17-21-9-10-28(34)26(30)14-21)13-11-27(24)33(29(23)35)19-25-8-4-5-12-31-25/h2-10,12,14,16,34H,11,13,15,17-19H2,1H3. The number of phenols is 1. The molecule has 178 valence electrons. The van der Waals surface area contributed by atoms with E-state index < -0.39 is 0 Å². The van der Waals surface area contributed by atoms with Gasteiger partial charge in [-0.25, -0.2) is 0 Å². The largest absolute Gasteiger partial charge is 0.506 e. The fourth-order valence-electron chi connectivity index (χ4n) is 4.84. The first-order valence-electron chi connectivity index (χ1n) is 11.9. The highest BCUT2D eigenvalue weighted by Crippen LogP contribution is 2.26. The van der Waals surface area contributed by atoms with Crippen LogP contribution in [-0.4, -0.2) is 26.1 Å². The quantitative estimate of drug-likeness (QED) is 0.412. The third-order valence-electron chi connectivity index (χ3n) is 6.73. The normalized spacial score (nSPS) is 13.5. The van der Waals surface area contributed by atoms with Gasteiger partial charge >= 0.3 is 0 Å². The Bertz CT molecular complexity index is 1420. The zero-order valence-corrected chi connectivity index (χ0v) is 20.5. The van der Waals surface area contributed by atoms with E-state index >= 15 is 0 Å². The van der Waals surface area contributed by atoms with Crippen molar-refractivity contribution in [3.63, 3.8) is 0 Å². The van der Waals surface area contributed by atoms with Gasteiger partial charge in [0.2, 0.25) is 0 Å². The minimum Gasteiger partial charge on any atom is -0.506 e. The molecule has 1 aliphatic heterocycles. The number of aromatic hydroxyl groups is 1. The molecule has 0 saturated carbocycles. The molecule has 0 aliphatic carbocycles. The summed E-state index contributed by atoms with van der Waals surface area (Å²) in [5.41, 5.74) is 7.44. The number of fused-ring (bicyclic) bond motifs is 1. The van der Waals surface area contributed by atoms with Crippen molar-refractivity contribution in [2.24, 2.45) is 0 Å². The van der Waals surface area contributed by atoms with Gasteiger partial charge in [-0.15, -0.1) is 0 Å². The van der Waals surface area contributed by atoms with Crippen molar-refractivity contribution in [1.29, 1.82) is 0 Å². The second-order valence-electron chi connectivity index (χ2n) is 9.20. The number of phenolic OH excluding ortho intramolecular Hbond substituents is 1. The lowest BCUT2D eigenvalue weighted by atomic mass is 9.97. The number of aryl methyl sites for hydroxylation is 1. The summed E-state index contributed by atoms with van der Waals surface area (Å²) in [6.45, 7) is 4.87. The van der Waals surface area contributed by atoms with Crippen LogP contribution in [0.15, 0.2) is 77.7 Å². The van der Waals surface area contributed by atoms with E-state index in [1.807, 2.05) is 47.0 Å². The molecule has 0 saturated heterocycles. The van der Waals surface area contributed by atoms with Crippen molar-refractivity contribution in [3.8, 4) is 5.75 Å². The van der Waals surface area contributed by atoms with E-state index in [1.165, 1.54) is 16.7 Å². The minimum absolute atomic E-state index is 0.0661. The van der Waals surface area contributed by atoms with Crippen LogP contribution >= 0.6 is 11.6 Å². The summed E-state index contributed by atoms with van der Waals surface area (Å²) in [6.07, 6.45) is 3.16. The molecule has 0 unspecified atom stereocenters. The third-order valence-corrected chi connectivity index (χ3v) is 7.03. The lowest BCUT2D eigenvalue weighted by Crippen LogP contribution is -2.37. The summed E-state index contributed by atoms with van der Waals surface area (Å²) in [5.74, 6) is 0.0961. The van der Waals surface area contributed by atoms with E-state index in [9.17, 15) is 9.90 Å². The van der Waals surface area contributed by atoms with Crippen molar-refractivity contribution in [2.45, 2.75) is 39.4 Å².